The number of furan rings is 1. The van der Waals surface area contributed by atoms with Gasteiger partial charge in [-0.3, -0.25) is 0 Å². The highest BCUT2D eigenvalue weighted by molar-refractivity contribution is 5.40. The molecule has 0 saturated heterocycles. The highest BCUT2D eigenvalue weighted by Gasteiger charge is 2.06. The molecule has 0 aliphatic carbocycles. The molecule has 2 aromatic rings. The third-order valence-electron chi connectivity index (χ3n) is 2.25. The number of aromatic nitrogens is 2. The monoisotopic (exact) mass is 218 g/mol. The van der Waals surface area contributed by atoms with Crippen molar-refractivity contribution in [3.63, 3.8) is 0 Å². The van der Waals surface area contributed by atoms with Crippen molar-refractivity contribution < 1.29 is 4.42 Å². The fourth-order valence-electron chi connectivity index (χ4n) is 1.42. The summed E-state index contributed by atoms with van der Waals surface area (Å²) in [6, 6.07) is 7.46. The maximum absolute atomic E-state index is 5.48. The van der Waals surface area contributed by atoms with Crippen LogP contribution < -0.4 is 10.6 Å². The van der Waals surface area contributed by atoms with Crippen molar-refractivity contribution >= 4 is 11.6 Å². The Bertz CT molecular complexity index is 463. The van der Waals surface area contributed by atoms with Gasteiger partial charge < -0.3 is 15.1 Å². The zero-order valence-corrected chi connectivity index (χ0v) is 9.34. The number of aryl methyl sites for hydroxylation is 1. The second-order valence-corrected chi connectivity index (χ2v) is 3.68. The molecule has 0 aromatic carbocycles. The molecule has 0 bridgehead atoms. The Hall–Kier alpha value is -2.04. The van der Waals surface area contributed by atoms with Gasteiger partial charge in [0.15, 0.2) is 5.82 Å². The Morgan fingerprint density at radius 2 is 2.06 bits per heavy atom. The Morgan fingerprint density at radius 1 is 1.25 bits per heavy atom. The van der Waals surface area contributed by atoms with Gasteiger partial charge >= 0.3 is 0 Å². The summed E-state index contributed by atoms with van der Waals surface area (Å²) >= 11 is 0. The van der Waals surface area contributed by atoms with Crippen LogP contribution in [-0.4, -0.2) is 17.2 Å². The van der Waals surface area contributed by atoms with Crippen LogP contribution in [0.5, 0.6) is 0 Å². The Morgan fingerprint density at radius 3 is 2.62 bits per heavy atom. The zero-order chi connectivity index (χ0) is 11.5. The smallest absolute Gasteiger partial charge is 0.151 e. The van der Waals surface area contributed by atoms with Crippen molar-refractivity contribution in [1.82, 2.24) is 10.2 Å². The van der Waals surface area contributed by atoms with E-state index in [4.69, 9.17) is 10.2 Å². The van der Waals surface area contributed by atoms with Crippen LogP contribution in [0.4, 0.5) is 11.6 Å². The molecule has 5 heteroatoms. The maximum Gasteiger partial charge on any atom is 0.151 e. The lowest BCUT2D eigenvalue weighted by atomic mass is 10.4. The van der Waals surface area contributed by atoms with Gasteiger partial charge in [-0.15, -0.1) is 10.2 Å². The van der Waals surface area contributed by atoms with E-state index in [1.54, 1.807) is 6.07 Å². The minimum absolute atomic E-state index is 0.422. The molecule has 0 aliphatic rings. The first-order valence-electron chi connectivity index (χ1n) is 5.01. The standard InChI is InChI=1S/C11H14N4O/c1-8-3-4-9(16-8)7-15(2)11-6-5-10(12)13-14-11/h3-6H,7H2,1-2H3,(H2,12,13). The zero-order valence-electron chi connectivity index (χ0n) is 9.34. The van der Waals surface area contributed by atoms with Crippen LogP contribution in [0.3, 0.4) is 0 Å². The van der Waals surface area contributed by atoms with E-state index in [1.165, 1.54) is 0 Å². The highest BCUT2D eigenvalue weighted by atomic mass is 16.3. The van der Waals surface area contributed by atoms with E-state index in [-0.39, 0.29) is 0 Å². The second-order valence-electron chi connectivity index (χ2n) is 3.68. The van der Waals surface area contributed by atoms with Crippen molar-refractivity contribution in [3.8, 4) is 0 Å². The van der Waals surface area contributed by atoms with Crippen LogP contribution in [0.15, 0.2) is 28.7 Å². The lowest BCUT2D eigenvalue weighted by Crippen LogP contribution is -2.17. The summed E-state index contributed by atoms with van der Waals surface area (Å²) < 4.78 is 5.48. The Labute approximate surface area is 93.9 Å². The van der Waals surface area contributed by atoms with Crippen LogP contribution in [0.25, 0.3) is 0 Å². The summed E-state index contributed by atoms with van der Waals surface area (Å²) in [5.74, 6) is 3.00. The molecular formula is C11H14N4O. The van der Waals surface area contributed by atoms with Gasteiger partial charge in [0.05, 0.1) is 6.54 Å². The minimum Gasteiger partial charge on any atom is -0.464 e. The van der Waals surface area contributed by atoms with E-state index in [2.05, 4.69) is 10.2 Å². The molecule has 0 saturated carbocycles. The predicted molar refractivity (Wildman–Crippen MR) is 62.0 cm³/mol. The molecule has 0 aliphatic heterocycles. The Balaban J connectivity index is 2.08. The number of rotatable bonds is 3. The molecule has 0 fully saturated rings. The van der Waals surface area contributed by atoms with E-state index in [1.807, 2.05) is 37.1 Å². The molecule has 2 heterocycles. The molecule has 0 radical (unpaired) electrons. The Kier molecular flexibility index (Phi) is 2.76. The summed E-state index contributed by atoms with van der Waals surface area (Å²) in [6.45, 7) is 2.58. The van der Waals surface area contributed by atoms with Crippen LogP contribution >= 0.6 is 0 Å². The minimum atomic E-state index is 0.422. The van der Waals surface area contributed by atoms with E-state index >= 15 is 0 Å². The van der Waals surface area contributed by atoms with E-state index < -0.39 is 0 Å². The van der Waals surface area contributed by atoms with Crippen molar-refractivity contribution in [2.24, 2.45) is 0 Å². The van der Waals surface area contributed by atoms with E-state index in [9.17, 15) is 0 Å². The normalized spacial score (nSPS) is 10.4. The van der Waals surface area contributed by atoms with Crippen LogP contribution in [0.2, 0.25) is 0 Å². The third kappa shape index (κ3) is 2.31. The fraction of sp³-hybridized carbons (Fsp3) is 0.273. The molecular weight excluding hydrogens is 204 g/mol. The molecule has 84 valence electrons. The lowest BCUT2D eigenvalue weighted by molar-refractivity contribution is 0.481. The van der Waals surface area contributed by atoms with E-state index in [0.29, 0.717) is 12.4 Å². The largest absolute Gasteiger partial charge is 0.464 e. The molecule has 0 atom stereocenters. The van der Waals surface area contributed by atoms with Gasteiger partial charge in [0, 0.05) is 7.05 Å². The van der Waals surface area contributed by atoms with Gasteiger partial charge in [0.2, 0.25) is 0 Å². The van der Waals surface area contributed by atoms with E-state index in [0.717, 1.165) is 17.3 Å². The molecule has 0 amide bonds. The molecule has 5 nitrogen and oxygen atoms in total. The molecule has 0 spiro atoms. The van der Waals surface area contributed by atoms with Gasteiger partial charge in [0.1, 0.15) is 17.3 Å². The van der Waals surface area contributed by atoms with Crippen molar-refractivity contribution in [1.29, 1.82) is 0 Å². The third-order valence-corrected chi connectivity index (χ3v) is 2.25. The van der Waals surface area contributed by atoms with Crippen LogP contribution in [0.1, 0.15) is 11.5 Å². The fourth-order valence-corrected chi connectivity index (χ4v) is 1.42. The topological polar surface area (TPSA) is 68.2 Å². The van der Waals surface area contributed by atoms with Gasteiger partial charge in [-0.2, -0.15) is 0 Å². The van der Waals surface area contributed by atoms with Gasteiger partial charge in [-0.25, -0.2) is 0 Å². The number of nitrogens with two attached hydrogens (primary N) is 1. The highest BCUT2D eigenvalue weighted by Crippen LogP contribution is 2.14. The van der Waals surface area contributed by atoms with Crippen molar-refractivity contribution in [2.75, 3.05) is 17.7 Å². The van der Waals surface area contributed by atoms with Gasteiger partial charge in [-0.05, 0) is 31.2 Å². The first-order valence-corrected chi connectivity index (χ1v) is 5.01. The summed E-state index contributed by atoms with van der Waals surface area (Å²) in [7, 11) is 1.93. The summed E-state index contributed by atoms with van der Waals surface area (Å²) in [4.78, 5) is 1.95. The maximum atomic E-state index is 5.48. The number of nitrogen functional groups attached to an aromatic ring is 1. The quantitative estimate of drug-likeness (QED) is 0.847. The molecule has 2 rings (SSSR count). The molecule has 2 aromatic heterocycles. The molecule has 0 unspecified atom stereocenters. The summed E-state index contributed by atoms with van der Waals surface area (Å²) in [5.41, 5.74) is 5.47. The SMILES string of the molecule is Cc1ccc(CN(C)c2ccc(N)nn2)o1. The number of anilines is 2. The summed E-state index contributed by atoms with van der Waals surface area (Å²) in [6.07, 6.45) is 0. The number of hydrogen-bond donors (Lipinski definition) is 1. The van der Waals surface area contributed by atoms with Crippen LogP contribution in [0, 0.1) is 6.92 Å². The van der Waals surface area contributed by atoms with Crippen molar-refractivity contribution in [2.45, 2.75) is 13.5 Å². The number of nitrogens with zero attached hydrogens (tertiary/aromatic N) is 3. The number of hydrogen-bond acceptors (Lipinski definition) is 5. The molecule has 16 heavy (non-hydrogen) atoms. The second kappa shape index (κ2) is 4.22. The van der Waals surface area contributed by atoms with Gasteiger partial charge in [0.25, 0.3) is 0 Å². The summed E-state index contributed by atoms with van der Waals surface area (Å²) in [5, 5.41) is 7.79. The van der Waals surface area contributed by atoms with Crippen LogP contribution in [-0.2, 0) is 6.54 Å². The first-order chi connectivity index (χ1) is 7.65. The van der Waals surface area contributed by atoms with Crippen molar-refractivity contribution in [3.05, 3.63) is 35.8 Å². The van der Waals surface area contributed by atoms with Gasteiger partial charge in [-0.1, -0.05) is 0 Å². The first kappa shape index (κ1) is 10.5. The predicted octanol–water partition coefficient (Wildman–Crippen LogP) is 1.60. The average molecular weight is 218 g/mol. The molecule has 2 N–H and O–H groups in total. The lowest BCUT2D eigenvalue weighted by Gasteiger charge is -2.15. The average Bonchev–Trinajstić information content (AvgIpc) is 2.65.